The molecule has 0 aliphatic heterocycles. The van der Waals surface area contributed by atoms with Gasteiger partial charge >= 0.3 is 35.6 Å². The quantitative estimate of drug-likeness (QED) is 0.0474. The molecule has 0 aliphatic carbocycles. The zero-order valence-electron chi connectivity index (χ0n) is 27.7. The Bertz CT molecular complexity index is 1160. The molecule has 0 nitrogen and oxygen atoms in total. The van der Waals surface area contributed by atoms with Gasteiger partial charge in [0, 0.05) is 0 Å². The van der Waals surface area contributed by atoms with Gasteiger partial charge in [0.25, 0.3) is 0 Å². The number of fused-ring (bicyclic) bond motifs is 2. The third-order valence-corrected chi connectivity index (χ3v) is 14.7. The first kappa shape index (κ1) is 39.0. The standard InChI is InChI=1S/C21H32P.C17H24P.2ClH.Ti/c1-3-5-7-11-15-22(16-12-8-6-4-2)21-17-19-13-9-10-14-20(19)18-21;1-5-13(3)18(14(4)6-2)17-11-15-9-7-8-10-16(15)12-17;;;/h9-10,13-14,17-18H,3-8,11-12,15-16H2,1-2H3;7-14H,5-6H2,1-4H3;2*1H;/q2*-1;;;+2/p-2. The number of hydrogen-bond donors (Lipinski definition) is 0. The van der Waals surface area contributed by atoms with Crippen molar-refractivity contribution in [3.63, 3.8) is 0 Å². The van der Waals surface area contributed by atoms with E-state index in [2.05, 4.69) is 114 Å². The number of hydrogen-bond acceptors (Lipinski definition) is 0. The van der Waals surface area contributed by atoms with Crippen molar-refractivity contribution in [2.24, 2.45) is 0 Å². The van der Waals surface area contributed by atoms with Crippen LogP contribution in [-0.4, -0.2) is 23.6 Å². The average molecular weight is 694 g/mol. The first-order valence-corrected chi connectivity index (χ1v) is 24.2. The predicted octanol–water partition coefficient (Wildman–Crippen LogP) is 13.5. The molecule has 238 valence electrons. The molecule has 0 amide bonds. The fourth-order valence-corrected chi connectivity index (χ4v) is 11.6. The van der Waals surface area contributed by atoms with Crippen LogP contribution >= 0.6 is 34.5 Å². The van der Waals surface area contributed by atoms with Crippen LogP contribution in [0.2, 0.25) is 0 Å². The van der Waals surface area contributed by atoms with Crippen molar-refractivity contribution in [2.45, 2.75) is 117 Å². The second kappa shape index (κ2) is 23.2. The molecule has 0 N–H and O–H groups in total. The van der Waals surface area contributed by atoms with Crippen LogP contribution in [0.3, 0.4) is 0 Å². The Balaban J connectivity index is 0.000000279. The van der Waals surface area contributed by atoms with Gasteiger partial charge in [-0.05, 0) is 49.3 Å². The second-order valence-corrected chi connectivity index (χ2v) is 20.0. The number of unbranched alkanes of at least 4 members (excludes halogenated alkanes) is 6. The molecule has 4 aromatic rings. The molecule has 4 aromatic carbocycles. The molecule has 2 atom stereocenters. The van der Waals surface area contributed by atoms with E-state index >= 15 is 0 Å². The minimum atomic E-state index is -0.556. The molecule has 4 rings (SSSR count). The first-order valence-electron chi connectivity index (χ1n) is 16.7. The Hall–Kier alpha value is -0.186. The van der Waals surface area contributed by atoms with Crippen LogP contribution in [-0.2, 0) is 17.0 Å². The van der Waals surface area contributed by atoms with Crippen molar-refractivity contribution in [3.8, 4) is 0 Å². The SMILES string of the molecule is CCC(C)P(c1cc2ccccc2[cH-]1)C(C)CC.CCCCCCP(CCCCCC)c1cc2ccccc2[cH-]1.[Cl][Ti][Cl]. The van der Waals surface area contributed by atoms with Gasteiger partial charge in [-0.3, -0.25) is 0 Å². The summed E-state index contributed by atoms with van der Waals surface area (Å²) in [5, 5.41) is 8.96. The van der Waals surface area contributed by atoms with Crippen LogP contribution in [0, 0.1) is 0 Å². The summed E-state index contributed by atoms with van der Waals surface area (Å²) < 4.78 is 0. The van der Waals surface area contributed by atoms with E-state index < -0.39 is 17.0 Å². The molecule has 0 saturated heterocycles. The van der Waals surface area contributed by atoms with Gasteiger partial charge < -0.3 is 0 Å². The Labute approximate surface area is 284 Å². The van der Waals surface area contributed by atoms with E-state index in [1.807, 2.05) is 0 Å². The predicted molar refractivity (Wildman–Crippen MR) is 201 cm³/mol. The van der Waals surface area contributed by atoms with E-state index in [-0.39, 0.29) is 15.8 Å². The van der Waals surface area contributed by atoms with E-state index in [1.54, 1.807) is 10.6 Å². The number of rotatable bonds is 16. The van der Waals surface area contributed by atoms with Gasteiger partial charge in [-0.1, -0.05) is 108 Å². The van der Waals surface area contributed by atoms with Crippen LogP contribution in [0.1, 0.15) is 106 Å². The van der Waals surface area contributed by atoms with Gasteiger partial charge in [-0.15, -0.1) is 80.7 Å². The fraction of sp³-hybridized carbons (Fsp3) is 0.526. The molecule has 0 aromatic heterocycles. The zero-order chi connectivity index (χ0) is 31.5. The van der Waals surface area contributed by atoms with Crippen LogP contribution in [0.4, 0.5) is 0 Å². The Morgan fingerprint density at radius 2 is 1.05 bits per heavy atom. The normalized spacial score (nSPS) is 13.2. The van der Waals surface area contributed by atoms with E-state index in [0.29, 0.717) is 0 Å². The zero-order valence-corrected chi connectivity index (χ0v) is 32.6. The Morgan fingerprint density at radius 3 is 1.47 bits per heavy atom. The molecule has 0 bridgehead atoms. The van der Waals surface area contributed by atoms with Crippen molar-refractivity contribution in [3.05, 3.63) is 72.8 Å². The Morgan fingerprint density at radius 1 is 0.628 bits per heavy atom. The summed E-state index contributed by atoms with van der Waals surface area (Å²) in [5.74, 6) is 0. The van der Waals surface area contributed by atoms with Crippen molar-refractivity contribution < 1.29 is 17.0 Å². The van der Waals surface area contributed by atoms with Gasteiger partial charge in [0.1, 0.15) is 0 Å². The minimum absolute atomic E-state index is 0.0252. The van der Waals surface area contributed by atoms with Crippen molar-refractivity contribution >= 4 is 66.6 Å². The summed E-state index contributed by atoms with van der Waals surface area (Å²) >= 11 is -0.556. The average Bonchev–Trinajstić information content (AvgIpc) is 3.65. The molecule has 0 saturated carbocycles. The molecule has 2 unspecified atom stereocenters. The maximum absolute atomic E-state index is 4.89. The van der Waals surface area contributed by atoms with Gasteiger partial charge in [0.15, 0.2) is 0 Å². The molecule has 0 spiro atoms. The van der Waals surface area contributed by atoms with Gasteiger partial charge in [0.05, 0.1) is 0 Å². The molecule has 43 heavy (non-hydrogen) atoms. The summed E-state index contributed by atoms with van der Waals surface area (Å²) in [4.78, 5) is 0. The van der Waals surface area contributed by atoms with E-state index in [4.69, 9.17) is 18.6 Å². The summed E-state index contributed by atoms with van der Waals surface area (Å²) in [6.45, 7) is 14.1. The van der Waals surface area contributed by atoms with Gasteiger partial charge in [-0.2, -0.15) is 12.1 Å². The molecule has 0 radical (unpaired) electrons. The van der Waals surface area contributed by atoms with Crippen molar-refractivity contribution in [1.82, 2.24) is 0 Å². The molecular formula is C38H56Cl2P2Ti-2. The van der Waals surface area contributed by atoms with Crippen LogP contribution < -0.4 is 10.6 Å². The molecule has 0 aliphatic rings. The summed E-state index contributed by atoms with van der Waals surface area (Å²) in [5.41, 5.74) is 1.65. The fourth-order valence-electron chi connectivity index (χ4n) is 5.77. The summed E-state index contributed by atoms with van der Waals surface area (Å²) in [6, 6.07) is 27.4. The number of benzene rings is 2. The van der Waals surface area contributed by atoms with Gasteiger partial charge in [-0.25, -0.2) is 0 Å². The number of halogens is 2. The molecule has 5 heteroatoms. The van der Waals surface area contributed by atoms with E-state index in [9.17, 15) is 0 Å². The van der Waals surface area contributed by atoms with Gasteiger partial charge in [0.2, 0.25) is 0 Å². The third kappa shape index (κ3) is 13.6. The van der Waals surface area contributed by atoms with Crippen LogP contribution in [0.15, 0.2) is 72.8 Å². The first-order chi connectivity index (χ1) is 20.9. The summed E-state index contributed by atoms with van der Waals surface area (Å²) in [7, 11) is 9.82. The second-order valence-electron chi connectivity index (χ2n) is 11.8. The molecule has 0 fully saturated rings. The molecule has 0 heterocycles. The van der Waals surface area contributed by atoms with Crippen LogP contribution in [0.25, 0.3) is 21.5 Å². The Kier molecular flexibility index (Phi) is 21.0. The van der Waals surface area contributed by atoms with Crippen LogP contribution in [0.5, 0.6) is 0 Å². The molecular weight excluding hydrogens is 637 g/mol. The van der Waals surface area contributed by atoms with E-state index in [0.717, 1.165) is 11.3 Å². The van der Waals surface area contributed by atoms with Crippen molar-refractivity contribution in [1.29, 1.82) is 0 Å². The summed E-state index contributed by atoms with van der Waals surface area (Å²) in [6.07, 6.45) is 16.6. The van der Waals surface area contributed by atoms with Crippen molar-refractivity contribution in [2.75, 3.05) is 12.3 Å². The maximum atomic E-state index is 4.89. The van der Waals surface area contributed by atoms with E-state index in [1.165, 1.54) is 98.1 Å². The monoisotopic (exact) mass is 692 g/mol. The third-order valence-electron chi connectivity index (χ3n) is 8.56. The topological polar surface area (TPSA) is 0 Å².